The van der Waals surface area contributed by atoms with Gasteiger partial charge in [-0.2, -0.15) is 15.5 Å². The van der Waals surface area contributed by atoms with Gasteiger partial charge in [-0.1, -0.05) is 6.92 Å². The van der Waals surface area contributed by atoms with Gasteiger partial charge in [0.05, 0.1) is 12.2 Å². The number of nitrogens with zero attached hydrogens (tertiary/aromatic N) is 5. The summed E-state index contributed by atoms with van der Waals surface area (Å²) in [6.45, 7) is 5.79. The average molecular weight is 246 g/mol. The van der Waals surface area contributed by atoms with E-state index in [1.165, 1.54) is 0 Å². The third kappa shape index (κ3) is 3.71. The highest BCUT2D eigenvalue weighted by Gasteiger charge is 2.28. The van der Waals surface area contributed by atoms with Crippen LogP contribution in [0.25, 0.3) is 0 Å². The van der Waals surface area contributed by atoms with Crippen LogP contribution in [0.15, 0.2) is 10.2 Å². The van der Waals surface area contributed by atoms with Gasteiger partial charge in [0, 0.05) is 6.42 Å². The van der Waals surface area contributed by atoms with Gasteiger partial charge >= 0.3 is 0 Å². The Kier molecular flexibility index (Phi) is 7.22. The molecule has 92 valence electrons. The third-order valence-corrected chi connectivity index (χ3v) is 2.86. The lowest BCUT2D eigenvalue weighted by Crippen LogP contribution is -2.48. The summed E-state index contributed by atoms with van der Waals surface area (Å²) in [5.74, 6) is 0. The van der Waals surface area contributed by atoms with Crippen molar-refractivity contribution in [1.82, 2.24) is 9.80 Å². The molecular weight excluding hydrogens is 226 g/mol. The lowest BCUT2D eigenvalue weighted by atomic mass is 10.2. The number of rotatable bonds is 5. The molecule has 0 radical (unpaired) electrons. The second kappa shape index (κ2) is 7.55. The van der Waals surface area contributed by atoms with Crippen LogP contribution < -0.4 is 0 Å². The Balaban J connectivity index is 0.00000225. The minimum absolute atomic E-state index is 0. The van der Waals surface area contributed by atoms with Gasteiger partial charge in [-0.3, -0.25) is 4.90 Å². The van der Waals surface area contributed by atoms with Gasteiger partial charge in [0.25, 0.3) is 0 Å². The predicted octanol–water partition coefficient (Wildman–Crippen LogP) is 2.06. The Morgan fingerprint density at radius 1 is 1.62 bits per heavy atom. The average Bonchev–Trinajstić information content (AvgIpc) is 2.65. The fourth-order valence-electron chi connectivity index (χ4n) is 1.80. The molecular formula is C10H20ClN5. The van der Waals surface area contributed by atoms with Crippen molar-refractivity contribution in [1.29, 1.82) is 5.26 Å². The van der Waals surface area contributed by atoms with E-state index in [2.05, 4.69) is 40.1 Å². The first-order valence-corrected chi connectivity index (χ1v) is 5.40. The third-order valence-electron chi connectivity index (χ3n) is 2.86. The lowest BCUT2D eigenvalue weighted by Gasteiger charge is -2.35. The van der Waals surface area contributed by atoms with Gasteiger partial charge < -0.3 is 0 Å². The Bertz CT molecular complexity index is 262. The summed E-state index contributed by atoms with van der Waals surface area (Å²) in [5.41, 5.74) is 0. The summed E-state index contributed by atoms with van der Waals surface area (Å²) in [4.78, 5) is 4.46. The monoisotopic (exact) mass is 245 g/mol. The largest absolute Gasteiger partial charge is 0.291 e. The molecule has 0 aromatic carbocycles. The summed E-state index contributed by atoms with van der Waals surface area (Å²) >= 11 is 0. The Hall–Kier alpha value is -0.700. The maximum absolute atomic E-state index is 8.64. The molecule has 1 aliphatic heterocycles. The maximum Gasteiger partial charge on any atom is 0.123 e. The number of azo groups is 1. The van der Waals surface area contributed by atoms with Gasteiger partial charge in [0.1, 0.15) is 12.8 Å². The van der Waals surface area contributed by atoms with E-state index in [0.29, 0.717) is 13.1 Å². The van der Waals surface area contributed by atoms with Crippen LogP contribution in [-0.4, -0.2) is 42.4 Å². The molecule has 5 nitrogen and oxygen atoms in total. The molecule has 0 saturated heterocycles. The van der Waals surface area contributed by atoms with E-state index < -0.39 is 0 Å². The molecule has 6 heteroatoms. The van der Waals surface area contributed by atoms with Gasteiger partial charge in [0.2, 0.25) is 0 Å². The SMILES string of the molecule is CCN(C)C(CCC#N)N1CN=NC1C.Cl. The quantitative estimate of drug-likeness (QED) is 0.745. The molecule has 0 N–H and O–H groups in total. The molecule has 1 heterocycles. The zero-order valence-corrected chi connectivity index (χ0v) is 10.9. The van der Waals surface area contributed by atoms with Crippen LogP contribution in [0.4, 0.5) is 0 Å². The molecule has 0 amide bonds. The smallest absolute Gasteiger partial charge is 0.123 e. The van der Waals surface area contributed by atoms with Crippen LogP contribution in [0.3, 0.4) is 0 Å². The fraction of sp³-hybridized carbons (Fsp3) is 0.900. The molecule has 0 saturated carbocycles. The van der Waals surface area contributed by atoms with E-state index in [1.54, 1.807) is 0 Å². The number of hydrogen-bond donors (Lipinski definition) is 0. The highest BCUT2D eigenvalue weighted by atomic mass is 35.5. The van der Waals surface area contributed by atoms with E-state index in [1.807, 2.05) is 6.92 Å². The second-order valence-corrected chi connectivity index (χ2v) is 3.80. The fourth-order valence-corrected chi connectivity index (χ4v) is 1.80. The maximum atomic E-state index is 8.64. The molecule has 1 rings (SSSR count). The second-order valence-electron chi connectivity index (χ2n) is 3.80. The molecule has 0 aliphatic carbocycles. The van der Waals surface area contributed by atoms with Crippen molar-refractivity contribution in [2.75, 3.05) is 20.3 Å². The summed E-state index contributed by atoms with van der Waals surface area (Å²) in [7, 11) is 2.08. The van der Waals surface area contributed by atoms with Gasteiger partial charge in [0.15, 0.2) is 0 Å². The number of halogens is 1. The summed E-state index contributed by atoms with van der Waals surface area (Å²) in [6, 6.07) is 2.20. The molecule has 0 bridgehead atoms. The van der Waals surface area contributed by atoms with Crippen molar-refractivity contribution >= 4 is 12.4 Å². The standard InChI is InChI=1S/C10H19N5.ClH/c1-4-14(3)10(6-5-7-11)15-8-12-13-9(15)2;/h9-10H,4-6,8H2,1-3H3;1H. The van der Waals surface area contributed by atoms with Crippen LogP contribution in [0, 0.1) is 11.3 Å². The minimum atomic E-state index is 0. The Morgan fingerprint density at radius 3 is 2.75 bits per heavy atom. The molecule has 16 heavy (non-hydrogen) atoms. The molecule has 0 aromatic heterocycles. The van der Waals surface area contributed by atoms with Crippen molar-refractivity contribution in [3.63, 3.8) is 0 Å². The zero-order chi connectivity index (χ0) is 11.3. The van der Waals surface area contributed by atoms with Crippen molar-refractivity contribution in [3.8, 4) is 6.07 Å². The topological polar surface area (TPSA) is 55.0 Å². The van der Waals surface area contributed by atoms with Gasteiger partial charge in [-0.25, -0.2) is 4.90 Å². The minimum Gasteiger partial charge on any atom is -0.291 e. The van der Waals surface area contributed by atoms with E-state index in [4.69, 9.17) is 5.26 Å². The Labute approximate surface area is 104 Å². The van der Waals surface area contributed by atoms with Crippen molar-refractivity contribution in [2.45, 2.75) is 39.0 Å². The first-order valence-electron chi connectivity index (χ1n) is 5.40. The molecule has 2 unspecified atom stereocenters. The first kappa shape index (κ1) is 15.3. The normalized spacial score (nSPS) is 21.8. The van der Waals surface area contributed by atoms with E-state index in [9.17, 15) is 0 Å². The van der Waals surface area contributed by atoms with E-state index in [0.717, 1.165) is 13.0 Å². The van der Waals surface area contributed by atoms with Crippen molar-refractivity contribution < 1.29 is 0 Å². The first-order chi connectivity index (χ1) is 7.20. The highest BCUT2D eigenvalue weighted by molar-refractivity contribution is 5.85. The Morgan fingerprint density at radius 2 is 2.31 bits per heavy atom. The van der Waals surface area contributed by atoms with Gasteiger partial charge in [-0.05, 0) is 26.9 Å². The summed E-state index contributed by atoms with van der Waals surface area (Å²) < 4.78 is 0. The molecule has 0 aromatic rings. The van der Waals surface area contributed by atoms with Crippen molar-refractivity contribution in [2.24, 2.45) is 10.2 Å². The van der Waals surface area contributed by atoms with Crippen LogP contribution in [0.2, 0.25) is 0 Å². The lowest BCUT2D eigenvalue weighted by molar-refractivity contribution is 0.0496. The van der Waals surface area contributed by atoms with E-state index in [-0.39, 0.29) is 24.7 Å². The van der Waals surface area contributed by atoms with Gasteiger partial charge in [-0.15, -0.1) is 12.4 Å². The summed E-state index contributed by atoms with van der Waals surface area (Å²) in [6.07, 6.45) is 1.86. The predicted molar refractivity (Wildman–Crippen MR) is 65.2 cm³/mol. The highest BCUT2D eigenvalue weighted by Crippen LogP contribution is 2.19. The number of nitriles is 1. The van der Waals surface area contributed by atoms with Crippen LogP contribution in [-0.2, 0) is 0 Å². The number of hydrogen-bond acceptors (Lipinski definition) is 5. The summed E-state index contributed by atoms with van der Waals surface area (Å²) in [5, 5.41) is 16.8. The molecule has 1 aliphatic rings. The van der Waals surface area contributed by atoms with Crippen LogP contribution in [0.5, 0.6) is 0 Å². The molecule has 0 spiro atoms. The molecule has 0 fully saturated rings. The van der Waals surface area contributed by atoms with Crippen LogP contribution >= 0.6 is 12.4 Å². The van der Waals surface area contributed by atoms with Crippen molar-refractivity contribution in [3.05, 3.63) is 0 Å². The van der Waals surface area contributed by atoms with Crippen LogP contribution in [0.1, 0.15) is 26.7 Å². The zero-order valence-electron chi connectivity index (χ0n) is 10.1. The van der Waals surface area contributed by atoms with E-state index >= 15 is 0 Å². The molecule has 2 atom stereocenters.